The number of para-hydroxylation sites is 1. The molecule has 0 N–H and O–H groups in total. The standard InChI is InChI=1S/C38H37N/c1-26-13-12-20-34-37(26)32-22-21-31(25-35(32)38(34,2)3)39(30-18-8-5-9-19-30)36-24-29-17-11-10-16-28(29)23-33(36)27-14-6-4-7-15-27/h5,8-13,16-25,27H,4,6-7,14-15H2,1-3H3. The first-order valence-electron chi connectivity index (χ1n) is 14.7. The van der Waals surface area contributed by atoms with E-state index in [1.807, 2.05) is 0 Å². The van der Waals surface area contributed by atoms with Crippen molar-refractivity contribution in [2.75, 3.05) is 4.90 Å². The van der Waals surface area contributed by atoms with Gasteiger partial charge in [0.05, 0.1) is 5.69 Å². The summed E-state index contributed by atoms with van der Waals surface area (Å²) in [6, 6.07) is 38.8. The quantitative estimate of drug-likeness (QED) is 0.234. The highest BCUT2D eigenvalue weighted by molar-refractivity contribution is 5.93. The number of rotatable bonds is 4. The molecule has 0 bridgehead atoms. The zero-order chi connectivity index (χ0) is 26.6. The largest absolute Gasteiger partial charge is 0.310 e. The topological polar surface area (TPSA) is 3.24 Å². The van der Waals surface area contributed by atoms with E-state index in [1.165, 1.54) is 93.3 Å². The van der Waals surface area contributed by atoms with Crippen molar-refractivity contribution in [1.29, 1.82) is 0 Å². The van der Waals surface area contributed by atoms with Crippen LogP contribution in [0.2, 0.25) is 0 Å². The third-order valence-electron chi connectivity index (χ3n) is 9.35. The predicted octanol–water partition coefficient (Wildman–Crippen LogP) is 11.0. The Bertz CT molecular complexity index is 1670. The van der Waals surface area contributed by atoms with Crippen LogP contribution in [0, 0.1) is 6.92 Å². The third kappa shape index (κ3) is 3.98. The SMILES string of the molecule is Cc1cccc2c1-c1ccc(N(c3ccccc3)c3cc4ccccc4cc3C3CCCCC3)cc1C2(C)C. The molecule has 1 heteroatoms. The minimum Gasteiger partial charge on any atom is -0.310 e. The highest BCUT2D eigenvalue weighted by Crippen LogP contribution is 2.52. The first kappa shape index (κ1) is 24.2. The molecule has 0 heterocycles. The monoisotopic (exact) mass is 507 g/mol. The lowest BCUT2D eigenvalue weighted by atomic mass is 9.81. The van der Waals surface area contributed by atoms with Crippen molar-refractivity contribution in [1.82, 2.24) is 0 Å². The van der Waals surface area contributed by atoms with Crippen molar-refractivity contribution in [3.8, 4) is 11.1 Å². The highest BCUT2D eigenvalue weighted by Gasteiger charge is 2.37. The minimum atomic E-state index is -0.0371. The van der Waals surface area contributed by atoms with E-state index in [0.717, 1.165) is 0 Å². The Hall–Kier alpha value is -3.84. The molecule has 2 aliphatic carbocycles. The van der Waals surface area contributed by atoms with Gasteiger partial charge < -0.3 is 4.90 Å². The van der Waals surface area contributed by atoms with Gasteiger partial charge in [-0.25, -0.2) is 0 Å². The average Bonchev–Trinajstić information content (AvgIpc) is 3.21. The summed E-state index contributed by atoms with van der Waals surface area (Å²) < 4.78 is 0. The summed E-state index contributed by atoms with van der Waals surface area (Å²) in [6.45, 7) is 7.02. The second kappa shape index (κ2) is 9.42. The van der Waals surface area contributed by atoms with Crippen LogP contribution in [-0.4, -0.2) is 0 Å². The molecule has 39 heavy (non-hydrogen) atoms. The van der Waals surface area contributed by atoms with Crippen LogP contribution in [0.3, 0.4) is 0 Å². The normalized spacial score (nSPS) is 16.2. The zero-order valence-corrected chi connectivity index (χ0v) is 23.4. The lowest BCUT2D eigenvalue weighted by Crippen LogP contribution is -2.18. The van der Waals surface area contributed by atoms with E-state index < -0.39 is 0 Å². The number of nitrogens with zero attached hydrogens (tertiary/aromatic N) is 1. The van der Waals surface area contributed by atoms with E-state index in [-0.39, 0.29) is 5.41 Å². The predicted molar refractivity (Wildman–Crippen MR) is 167 cm³/mol. The second-order valence-electron chi connectivity index (χ2n) is 12.1. The van der Waals surface area contributed by atoms with Crippen molar-refractivity contribution < 1.29 is 0 Å². The summed E-state index contributed by atoms with van der Waals surface area (Å²) in [5.74, 6) is 0.599. The Morgan fingerprint density at radius 3 is 2.13 bits per heavy atom. The lowest BCUT2D eigenvalue weighted by Gasteiger charge is -2.33. The fraction of sp³-hybridized carbons (Fsp3) is 0.263. The molecule has 1 fully saturated rings. The van der Waals surface area contributed by atoms with Crippen LogP contribution in [0.5, 0.6) is 0 Å². The Labute approximate surface area is 233 Å². The zero-order valence-electron chi connectivity index (χ0n) is 23.4. The maximum atomic E-state index is 2.53. The van der Waals surface area contributed by atoms with E-state index in [1.54, 1.807) is 0 Å². The molecule has 5 aromatic rings. The fourth-order valence-electron chi connectivity index (χ4n) is 7.28. The van der Waals surface area contributed by atoms with Crippen molar-refractivity contribution in [2.45, 2.75) is 64.2 Å². The summed E-state index contributed by atoms with van der Waals surface area (Å²) in [4.78, 5) is 2.53. The van der Waals surface area contributed by atoms with Gasteiger partial charge in [0.15, 0.2) is 0 Å². The third-order valence-corrected chi connectivity index (χ3v) is 9.35. The number of fused-ring (bicyclic) bond motifs is 4. The molecular formula is C38H37N. The molecule has 2 aliphatic rings. The van der Waals surface area contributed by atoms with E-state index in [2.05, 4.69) is 129 Å². The number of anilines is 3. The van der Waals surface area contributed by atoms with Crippen LogP contribution < -0.4 is 4.90 Å². The number of hydrogen-bond acceptors (Lipinski definition) is 1. The van der Waals surface area contributed by atoms with Crippen LogP contribution in [-0.2, 0) is 5.41 Å². The van der Waals surface area contributed by atoms with Gasteiger partial charge in [-0.05, 0) is 106 Å². The van der Waals surface area contributed by atoms with Crippen molar-refractivity contribution in [3.05, 3.63) is 125 Å². The molecule has 0 aliphatic heterocycles. The van der Waals surface area contributed by atoms with Crippen LogP contribution in [0.15, 0.2) is 103 Å². The second-order valence-corrected chi connectivity index (χ2v) is 12.1. The summed E-state index contributed by atoms with van der Waals surface area (Å²) >= 11 is 0. The molecule has 0 radical (unpaired) electrons. The van der Waals surface area contributed by atoms with E-state index in [4.69, 9.17) is 0 Å². The summed E-state index contributed by atoms with van der Waals surface area (Å²) in [7, 11) is 0. The highest BCUT2D eigenvalue weighted by atomic mass is 15.1. The molecule has 0 saturated heterocycles. The van der Waals surface area contributed by atoms with Crippen LogP contribution in [0.4, 0.5) is 17.1 Å². The molecular weight excluding hydrogens is 470 g/mol. The lowest BCUT2D eigenvalue weighted by molar-refractivity contribution is 0.444. The van der Waals surface area contributed by atoms with Crippen LogP contribution in [0.25, 0.3) is 21.9 Å². The molecule has 0 amide bonds. The maximum Gasteiger partial charge on any atom is 0.0502 e. The minimum absolute atomic E-state index is 0.0371. The Kier molecular flexibility index (Phi) is 5.85. The average molecular weight is 508 g/mol. The van der Waals surface area contributed by atoms with Crippen LogP contribution in [0.1, 0.15) is 74.1 Å². The summed E-state index contributed by atoms with van der Waals surface area (Å²) in [6.07, 6.45) is 6.57. The summed E-state index contributed by atoms with van der Waals surface area (Å²) in [5, 5.41) is 2.65. The molecule has 0 unspecified atom stereocenters. The Balaban J connectivity index is 1.47. The van der Waals surface area contributed by atoms with Gasteiger partial charge in [-0.1, -0.05) is 99.8 Å². The van der Waals surface area contributed by atoms with Gasteiger partial charge in [0.1, 0.15) is 0 Å². The Morgan fingerprint density at radius 1 is 0.641 bits per heavy atom. The van der Waals surface area contributed by atoms with Gasteiger partial charge in [-0.3, -0.25) is 0 Å². The molecule has 1 saturated carbocycles. The van der Waals surface area contributed by atoms with Gasteiger partial charge >= 0.3 is 0 Å². The van der Waals surface area contributed by atoms with Gasteiger partial charge in [0, 0.05) is 16.8 Å². The molecule has 1 nitrogen and oxygen atoms in total. The molecule has 194 valence electrons. The maximum absolute atomic E-state index is 2.53. The van der Waals surface area contributed by atoms with Gasteiger partial charge in [0.2, 0.25) is 0 Å². The number of aryl methyl sites for hydroxylation is 1. The molecule has 0 spiro atoms. The number of benzene rings is 5. The first-order chi connectivity index (χ1) is 19.0. The van der Waals surface area contributed by atoms with Crippen molar-refractivity contribution in [3.63, 3.8) is 0 Å². The van der Waals surface area contributed by atoms with Gasteiger partial charge in [-0.15, -0.1) is 0 Å². The molecule has 0 atom stereocenters. The molecule has 5 aromatic carbocycles. The fourth-order valence-corrected chi connectivity index (χ4v) is 7.28. The van der Waals surface area contributed by atoms with E-state index in [0.29, 0.717) is 5.92 Å². The first-order valence-corrected chi connectivity index (χ1v) is 14.7. The smallest absolute Gasteiger partial charge is 0.0502 e. The molecule has 7 rings (SSSR count). The van der Waals surface area contributed by atoms with E-state index >= 15 is 0 Å². The van der Waals surface area contributed by atoms with Crippen molar-refractivity contribution >= 4 is 27.8 Å². The Morgan fingerprint density at radius 2 is 1.36 bits per heavy atom. The van der Waals surface area contributed by atoms with Crippen molar-refractivity contribution in [2.24, 2.45) is 0 Å². The van der Waals surface area contributed by atoms with E-state index in [9.17, 15) is 0 Å². The van der Waals surface area contributed by atoms with Crippen LogP contribution >= 0.6 is 0 Å². The summed E-state index contributed by atoms with van der Waals surface area (Å²) in [5.41, 5.74) is 12.3. The van der Waals surface area contributed by atoms with Gasteiger partial charge in [-0.2, -0.15) is 0 Å². The van der Waals surface area contributed by atoms with Gasteiger partial charge in [0.25, 0.3) is 0 Å². The molecule has 0 aromatic heterocycles. The number of hydrogen-bond donors (Lipinski definition) is 0.